The molecule has 1 fully saturated rings. The maximum atomic E-state index is 12.5. The number of carbonyl (C=O) groups excluding carboxylic acids is 2. The molecule has 2 unspecified atom stereocenters. The Kier molecular flexibility index (Phi) is 6.64. The van der Waals surface area contributed by atoms with E-state index in [2.05, 4.69) is 36.6 Å². The highest BCUT2D eigenvalue weighted by molar-refractivity contribution is 5.87. The topological polar surface area (TPSA) is 61.4 Å². The van der Waals surface area contributed by atoms with Crippen LogP contribution in [0.5, 0.6) is 0 Å². The third-order valence-electron chi connectivity index (χ3n) is 4.86. The summed E-state index contributed by atoms with van der Waals surface area (Å²) in [5.74, 6) is 0.767. The molecule has 1 aliphatic rings. The maximum absolute atomic E-state index is 12.5. The van der Waals surface area contributed by atoms with Crippen LogP contribution in [-0.2, 0) is 11.2 Å². The lowest BCUT2D eigenvalue weighted by molar-refractivity contribution is -0.124. The van der Waals surface area contributed by atoms with Gasteiger partial charge >= 0.3 is 6.03 Å². The summed E-state index contributed by atoms with van der Waals surface area (Å²) in [7, 11) is 1.62. The molecule has 1 aromatic rings. The summed E-state index contributed by atoms with van der Waals surface area (Å²) in [5, 5.41) is 5.69. The van der Waals surface area contributed by atoms with Crippen LogP contribution in [0.2, 0.25) is 0 Å². The van der Waals surface area contributed by atoms with E-state index in [0.29, 0.717) is 24.9 Å². The van der Waals surface area contributed by atoms with Crippen molar-refractivity contribution in [1.82, 2.24) is 15.5 Å². The Hall–Kier alpha value is -2.04. The van der Waals surface area contributed by atoms with Crippen molar-refractivity contribution in [1.29, 1.82) is 0 Å². The molecule has 2 N–H and O–H groups in total. The van der Waals surface area contributed by atoms with E-state index >= 15 is 0 Å². The minimum atomic E-state index is -0.332. The van der Waals surface area contributed by atoms with Crippen LogP contribution in [0.15, 0.2) is 30.3 Å². The molecule has 24 heavy (non-hydrogen) atoms. The minimum Gasteiger partial charge on any atom is -0.357 e. The first-order valence-corrected chi connectivity index (χ1v) is 8.83. The largest absolute Gasteiger partial charge is 0.357 e. The number of hydrogen-bond acceptors (Lipinski definition) is 2. The fraction of sp³-hybridized carbons (Fsp3) is 0.579. The fourth-order valence-electron chi connectivity index (χ4n) is 3.23. The molecule has 0 aromatic heterocycles. The molecular weight excluding hydrogens is 302 g/mol. The quantitative estimate of drug-likeness (QED) is 0.841. The van der Waals surface area contributed by atoms with Gasteiger partial charge in [0.1, 0.15) is 6.04 Å². The molecule has 1 aromatic carbocycles. The zero-order valence-corrected chi connectivity index (χ0v) is 14.9. The van der Waals surface area contributed by atoms with Crippen LogP contribution in [0.25, 0.3) is 0 Å². The third kappa shape index (κ3) is 4.73. The van der Waals surface area contributed by atoms with Gasteiger partial charge in [0.2, 0.25) is 5.91 Å². The van der Waals surface area contributed by atoms with E-state index in [-0.39, 0.29) is 18.0 Å². The van der Waals surface area contributed by atoms with Crippen LogP contribution in [0, 0.1) is 11.8 Å². The molecule has 5 heteroatoms. The number of likely N-dealkylation sites (tertiary alicyclic amines) is 1. The molecule has 1 heterocycles. The number of nitrogens with one attached hydrogen (secondary N) is 2. The number of carbonyl (C=O) groups is 2. The van der Waals surface area contributed by atoms with Crippen molar-refractivity contribution >= 4 is 11.9 Å². The molecule has 2 atom stereocenters. The highest BCUT2D eigenvalue weighted by Gasteiger charge is 2.33. The second-order valence-electron chi connectivity index (χ2n) is 6.85. The van der Waals surface area contributed by atoms with Crippen molar-refractivity contribution in [2.24, 2.45) is 11.8 Å². The number of nitrogens with zero attached hydrogens (tertiary/aromatic N) is 1. The van der Waals surface area contributed by atoms with Crippen molar-refractivity contribution in [2.75, 3.05) is 20.1 Å². The maximum Gasteiger partial charge on any atom is 0.318 e. The van der Waals surface area contributed by atoms with E-state index in [0.717, 1.165) is 19.3 Å². The number of benzene rings is 1. The molecule has 0 bridgehead atoms. The Morgan fingerprint density at radius 2 is 1.96 bits per heavy atom. The van der Waals surface area contributed by atoms with E-state index in [1.54, 1.807) is 11.9 Å². The molecule has 3 amide bonds. The van der Waals surface area contributed by atoms with Crippen molar-refractivity contribution in [2.45, 2.75) is 39.2 Å². The second-order valence-corrected chi connectivity index (χ2v) is 6.85. The van der Waals surface area contributed by atoms with Gasteiger partial charge in [-0.15, -0.1) is 0 Å². The van der Waals surface area contributed by atoms with Crippen LogP contribution in [0.3, 0.4) is 0 Å². The van der Waals surface area contributed by atoms with Gasteiger partial charge in [-0.2, -0.15) is 0 Å². The van der Waals surface area contributed by atoms with Crippen LogP contribution in [0.1, 0.15) is 32.3 Å². The van der Waals surface area contributed by atoms with Gasteiger partial charge in [-0.05, 0) is 36.7 Å². The van der Waals surface area contributed by atoms with Crippen LogP contribution in [-0.4, -0.2) is 43.0 Å². The lowest BCUT2D eigenvalue weighted by Crippen LogP contribution is -2.50. The number of rotatable bonds is 6. The third-order valence-corrected chi connectivity index (χ3v) is 4.86. The molecule has 0 saturated carbocycles. The van der Waals surface area contributed by atoms with E-state index in [4.69, 9.17) is 0 Å². The van der Waals surface area contributed by atoms with Crippen LogP contribution < -0.4 is 10.6 Å². The Morgan fingerprint density at radius 3 is 2.58 bits per heavy atom. The lowest BCUT2D eigenvalue weighted by atomic mass is 9.89. The monoisotopic (exact) mass is 331 g/mol. The zero-order chi connectivity index (χ0) is 17.5. The SMILES string of the molecule is CNC(=O)C1CCCN1C(=O)NCC(Cc1ccccc1)C(C)C. The number of likely N-dealkylation sites (N-methyl/N-ethyl adjacent to an activating group) is 1. The summed E-state index contributed by atoms with van der Waals surface area (Å²) < 4.78 is 0. The standard InChI is InChI=1S/C19H29N3O2/c1-14(2)16(12-15-8-5-4-6-9-15)13-21-19(24)22-11-7-10-17(22)18(23)20-3/h4-6,8-9,14,16-17H,7,10-13H2,1-3H3,(H,20,23)(H,21,24). The van der Waals surface area contributed by atoms with Gasteiger partial charge in [0.25, 0.3) is 0 Å². The second kappa shape index (κ2) is 8.71. The van der Waals surface area contributed by atoms with Gasteiger partial charge in [-0.25, -0.2) is 4.79 Å². The number of urea groups is 1. The summed E-state index contributed by atoms with van der Waals surface area (Å²) in [6.07, 6.45) is 2.56. The minimum absolute atomic E-state index is 0.0765. The summed E-state index contributed by atoms with van der Waals surface area (Å²) in [5.41, 5.74) is 1.29. The summed E-state index contributed by atoms with van der Waals surface area (Å²) in [4.78, 5) is 26.0. The first-order chi connectivity index (χ1) is 11.5. The average molecular weight is 331 g/mol. The van der Waals surface area contributed by atoms with E-state index in [9.17, 15) is 9.59 Å². The van der Waals surface area contributed by atoms with Crippen molar-refractivity contribution in [3.8, 4) is 0 Å². The predicted molar refractivity (Wildman–Crippen MR) is 95.7 cm³/mol. The molecule has 132 valence electrons. The Bertz CT molecular complexity index is 545. The summed E-state index contributed by atoms with van der Waals surface area (Å²) >= 11 is 0. The van der Waals surface area contributed by atoms with Gasteiger partial charge in [0.15, 0.2) is 0 Å². The van der Waals surface area contributed by atoms with Gasteiger partial charge in [0.05, 0.1) is 0 Å². The fourth-order valence-corrected chi connectivity index (χ4v) is 3.23. The van der Waals surface area contributed by atoms with Crippen molar-refractivity contribution < 1.29 is 9.59 Å². The molecule has 0 radical (unpaired) electrons. The highest BCUT2D eigenvalue weighted by atomic mass is 16.2. The molecule has 2 rings (SSSR count). The van der Waals surface area contributed by atoms with Crippen LogP contribution >= 0.6 is 0 Å². The zero-order valence-electron chi connectivity index (χ0n) is 14.9. The Morgan fingerprint density at radius 1 is 1.25 bits per heavy atom. The highest BCUT2D eigenvalue weighted by Crippen LogP contribution is 2.19. The summed E-state index contributed by atoms with van der Waals surface area (Å²) in [6.45, 7) is 5.64. The average Bonchev–Trinajstić information content (AvgIpc) is 3.08. The van der Waals surface area contributed by atoms with Crippen molar-refractivity contribution in [3.05, 3.63) is 35.9 Å². The van der Waals surface area contributed by atoms with E-state index < -0.39 is 0 Å². The van der Waals surface area contributed by atoms with Crippen molar-refractivity contribution in [3.63, 3.8) is 0 Å². The van der Waals surface area contributed by atoms with Gasteiger partial charge in [0, 0.05) is 20.1 Å². The molecule has 0 aliphatic carbocycles. The van der Waals surface area contributed by atoms with E-state index in [1.807, 2.05) is 18.2 Å². The summed E-state index contributed by atoms with van der Waals surface area (Å²) in [6, 6.07) is 9.90. The van der Waals surface area contributed by atoms with E-state index in [1.165, 1.54) is 5.56 Å². The van der Waals surface area contributed by atoms with Gasteiger partial charge in [-0.3, -0.25) is 4.79 Å². The Labute approximate surface area is 144 Å². The molecular formula is C19H29N3O2. The predicted octanol–water partition coefficient (Wildman–Crippen LogP) is 2.42. The number of amides is 3. The lowest BCUT2D eigenvalue weighted by Gasteiger charge is -2.26. The first-order valence-electron chi connectivity index (χ1n) is 8.83. The molecule has 1 saturated heterocycles. The molecule has 1 aliphatic heterocycles. The van der Waals surface area contributed by atoms with Gasteiger partial charge in [-0.1, -0.05) is 44.2 Å². The smallest absolute Gasteiger partial charge is 0.318 e. The normalized spacial score (nSPS) is 18.5. The molecule has 0 spiro atoms. The van der Waals surface area contributed by atoms with Crippen LogP contribution in [0.4, 0.5) is 4.79 Å². The number of hydrogen-bond donors (Lipinski definition) is 2. The first kappa shape index (κ1) is 18.3. The van der Waals surface area contributed by atoms with Gasteiger partial charge < -0.3 is 15.5 Å². The molecule has 5 nitrogen and oxygen atoms in total. The Balaban J connectivity index is 1.91.